The van der Waals surface area contributed by atoms with Crippen LogP contribution in [0.2, 0.25) is 0 Å². The highest BCUT2D eigenvalue weighted by molar-refractivity contribution is 4.99. The van der Waals surface area contributed by atoms with Gasteiger partial charge in [0.15, 0.2) is 0 Å². The van der Waals surface area contributed by atoms with Crippen LogP contribution in [-0.4, -0.2) is 12.1 Å². The third kappa shape index (κ3) is 2.71. The van der Waals surface area contributed by atoms with Gasteiger partial charge < -0.3 is 11.5 Å². The highest BCUT2D eigenvalue weighted by atomic mass is 14.8. The van der Waals surface area contributed by atoms with Gasteiger partial charge in [-0.3, -0.25) is 0 Å². The van der Waals surface area contributed by atoms with Crippen LogP contribution in [0.5, 0.6) is 0 Å². The second-order valence-electron chi connectivity index (χ2n) is 6.12. The average Bonchev–Trinajstić information content (AvgIpc) is 1.98. The molecule has 0 aromatic rings. The first-order valence-electron chi connectivity index (χ1n) is 5.55. The summed E-state index contributed by atoms with van der Waals surface area (Å²) in [6, 6.07) is 0. The van der Waals surface area contributed by atoms with Gasteiger partial charge in [0.25, 0.3) is 0 Å². The fraction of sp³-hybridized carbons (Fsp3) is 1.00. The van der Waals surface area contributed by atoms with Crippen LogP contribution in [0, 0.1) is 10.8 Å². The molecule has 0 aromatic heterocycles. The molecule has 0 amide bonds. The summed E-state index contributed by atoms with van der Waals surface area (Å²) in [7, 11) is 0. The Balaban J connectivity index is 4.69. The summed E-state index contributed by atoms with van der Waals surface area (Å²) < 4.78 is 0. The molecule has 0 aliphatic heterocycles. The maximum atomic E-state index is 6.24. The van der Waals surface area contributed by atoms with Crippen molar-refractivity contribution in [2.75, 3.05) is 6.54 Å². The Labute approximate surface area is 89.4 Å². The van der Waals surface area contributed by atoms with Crippen molar-refractivity contribution in [1.29, 1.82) is 0 Å². The van der Waals surface area contributed by atoms with E-state index in [-0.39, 0.29) is 16.4 Å². The van der Waals surface area contributed by atoms with Gasteiger partial charge in [-0.05, 0) is 44.1 Å². The second kappa shape index (κ2) is 4.19. The normalized spacial score (nSPS) is 14.6. The summed E-state index contributed by atoms with van der Waals surface area (Å²) in [6.45, 7) is 14.1. The standard InChI is InChI=1S/C12H28N2/c1-10(2,8-7-9-13)11(3,4)12(5,6)14/h7-9,13-14H2,1-6H3. The fourth-order valence-electron chi connectivity index (χ4n) is 1.73. The van der Waals surface area contributed by atoms with E-state index in [0.29, 0.717) is 0 Å². The van der Waals surface area contributed by atoms with Crippen LogP contribution < -0.4 is 11.5 Å². The van der Waals surface area contributed by atoms with Crippen LogP contribution in [0.3, 0.4) is 0 Å². The predicted octanol–water partition coefficient (Wildman–Crippen LogP) is 2.52. The second-order valence-corrected chi connectivity index (χ2v) is 6.12. The number of nitrogens with two attached hydrogens (primary N) is 2. The van der Waals surface area contributed by atoms with E-state index in [2.05, 4.69) is 41.5 Å². The average molecular weight is 200 g/mol. The zero-order valence-corrected chi connectivity index (χ0v) is 10.8. The maximum absolute atomic E-state index is 6.24. The highest BCUT2D eigenvalue weighted by Gasteiger charge is 2.45. The zero-order valence-electron chi connectivity index (χ0n) is 10.8. The van der Waals surface area contributed by atoms with E-state index in [4.69, 9.17) is 11.5 Å². The fourth-order valence-corrected chi connectivity index (χ4v) is 1.73. The molecule has 0 fully saturated rings. The molecule has 2 nitrogen and oxygen atoms in total. The third-order valence-corrected chi connectivity index (χ3v) is 4.31. The summed E-state index contributed by atoms with van der Waals surface area (Å²) in [5.74, 6) is 0. The third-order valence-electron chi connectivity index (χ3n) is 4.31. The lowest BCUT2D eigenvalue weighted by molar-refractivity contribution is 0.0269. The number of rotatable bonds is 5. The topological polar surface area (TPSA) is 52.0 Å². The molecule has 0 aliphatic rings. The Morgan fingerprint density at radius 2 is 1.36 bits per heavy atom. The molecule has 0 spiro atoms. The van der Waals surface area contributed by atoms with Gasteiger partial charge in [-0.1, -0.05) is 27.7 Å². The molecule has 0 saturated carbocycles. The van der Waals surface area contributed by atoms with Gasteiger partial charge in [-0.2, -0.15) is 0 Å². The summed E-state index contributed by atoms with van der Waals surface area (Å²) in [6.07, 6.45) is 2.21. The molecule has 0 unspecified atom stereocenters. The van der Waals surface area contributed by atoms with Gasteiger partial charge in [0.2, 0.25) is 0 Å². The van der Waals surface area contributed by atoms with Gasteiger partial charge in [-0.15, -0.1) is 0 Å². The van der Waals surface area contributed by atoms with E-state index in [0.717, 1.165) is 19.4 Å². The van der Waals surface area contributed by atoms with E-state index >= 15 is 0 Å². The minimum Gasteiger partial charge on any atom is -0.330 e. The van der Waals surface area contributed by atoms with Crippen molar-refractivity contribution in [3.63, 3.8) is 0 Å². The molecule has 0 aliphatic carbocycles. The first kappa shape index (κ1) is 13.9. The molecule has 0 heterocycles. The quantitative estimate of drug-likeness (QED) is 0.716. The lowest BCUT2D eigenvalue weighted by Gasteiger charge is -2.50. The molecule has 86 valence electrons. The van der Waals surface area contributed by atoms with Gasteiger partial charge >= 0.3 is 0 Å². The first-order chi connectivity index (χ1) is 6.06. The van der Waals surface area contributed by atoms with Crippen molar-refractivity contribution >= 4 is 0 Å². The van der Waals surface area contributed by atoms with Gasteiger partial charge in [0.1, 0.15) is 0 Å². The van der Waals surface area contributed by atoms with Crippen molar-refractivity contribution < 1.29 is 0 Å². The maximum Gasteiger partial charge on any atom is 0.0154 e. The van der Waals surface area contributed by atoms with Crippen LogP contribution in [0.25, 0.3) is 0 Å². The summed E-state index contributed by atoms with van der Waals surface area (Å²) >= 11 is 0. The molecule has 0 bridgehead atoms. The predicted molar refractivity (Wildman–Crippen MR) is 64.1 cm³/mol. The Bertz CT molecular complexity index is 175. The van der Waals surface area contributed by atoms with Crippen molar-refractivity contribution in [3.8, 4) is 0 Å². The lowest BCUT2D eigenvalue weighted by Crippen LogP contribution is -2.54. The first-order valence-corrected chi connectivity index (χ1v) is 5.55. The van der Waals surface area contributed by atoms with E-state index in [1.807, 2.05) is 0 Å². The van der Waals surface area contributed by atoms with Crippen LogP contribution in [0.15, 0.2) is 0 Å². The molecule has 0 atom stereocenters. The monoisotopic (exact) mass is 200 g/mol. The smallest absolute Gasteiger partial charge is 0.0154 e. The Morgan fingerprint density at radius 1 is 0.929 bits per heavy atom. The largest absolute Gasteiger partial charge is 0.330 e. The molecular weight excluding hydrogens is 172 g/mol. The molecule has 0 aromatic carbocycles. The van der Waals surface area contributed by atoms with Crippen LogP contribution in [0.1, 0.15) is 54.4 Å². The van der Waals surface area contributed by atoms with Crippen molar-refractivity contribution in [2.45, 2.75) is 59.9 Å². The van der Waals surface area contributed by atoms with Gasteiger partial charge in [0.05, 0.1) is 0 Å². The van der Waals surface area contributed by atoms with E-state index in [1.165, 1.54) is 0 Å². The zero-order chi connectivity index (χ0) is 11.6. The van der Waals surface area contributed by atoms with Crippen molar-refractivity contribution in [3.05, 3.63) is 0 Å². The molecule has 4 N–H and O–H groups in total. The van der Waals surface area contributed by atoms with Gasteiger partial charge in [0, 0.05) is 5.54 Å². The van der Waals surface area contributed by atoms with Crippen LogP contribution >= 0.6 is 0 Å². The van der Waals surface area contributed by atoms with Crippen LogP contribution in [-0.2, 0) is 0 Å². The molecule has 14 heavy (non-hydrogen) atoms. The summed E-state index contributed by atoms with van der Waals surface area (Å²) in [5.41, 5.74) is 12.0. The van der Waals surface area contributed by atoms with Gasteiger partial charge in [-0.25, -0.2) is 0 Å². The lowest BCUT2D eigenvalue weighted by atomic mass is 9.57. The number of hydrogen-bond acceptors (Lipinski definition) is 2. The molecule has 0 saturated heterocycles. The van der Waals surface area contributed by atoms with E-state index in [9.17, 15) is 0 Å². The summed E-state index contributed by atoms with van der Waals surface area (Å²) in [4.78, 5) is 0. The van der Waals surface area contributed by atoms with Crippen molar-refractivity contribution in [1.82, 2.24) is 0 Å². The number of hydrogen-bond donors (Lipinski definition) is 2. The Hall–Kier alpha value is -0.0800. The highest BCUT2D eigenvalue weighted by Crippen LogP contribution is 2.47. The molecular formula is C12H28N2. The van der Waals surface area contributed by atoms with E-state index in [1.54, 1.807) is 0 Å². The minimum atomic E-state index is -0.162. The minimum absolute atomic E-state index is 0.106. The van der Waals surface area contributed by atoms with E-state index < -0.39 is 0 Å². The Morgan fingerprint density at radius 3 is 1.64 bits per heavy atom. The molecule has 0 radical (unpaired) electrons. The molecule has 0 rings (SSSR count). The van der Waals surface area contributed by atoms with Crippen molar-refractivity contribution in [2.24, 2.45) is 22.3 Å². The SMILES string of the molecule is CC(C)(N)C(C)(C)C(C)(C)CCCN. The molecule has 2 heteroatoms. The Kier molecular flexibility index (Phi) is 4.17. The van der Waals surface area contributed by atoms with Crippen LogP contribution in [0.4, 0.5) is 0 Å². The summed E-state index contributed by atoms with van der Waals surface area (Å²) in [5, 5.41) is 0.